The van der Waals surface area contributed by atoms with Gasteiger partial charge in [0.15, 0.2) is 0 Å². The molecule has 2 aliphatic carbocycles. The minimum atomic E-state index is -0.0861. The van der Waals surface area contributed by atoms with Gasteiger partial charge in [-0.1, -0.05) is 46.6 Å². The van der Waals surface area contributed by atoms with Crippen molar-refractivity contribution in [2.75, 3.05) is 0 Å². The van der Waals surface area contributed by atoms with Crippen molar-refractivity contribution in [1.29, 1.82) is 0 Å². The normalized spacial score (nSPS) is 38.0. The molecule has 0 aromatic heterocycles. The summed E-state index contributed by atoms with van der Waals surface area (Å²) in [6, 6.07) is 0. The number of carbonyl (C=O) groups is 1. The van der Waals surface area contributed by atoms with Crippen molar-refractivity contribution in [2.45, 2.75) is 85.7 Å². The van der Waals surface area contributed by atoms with E-state index in [-0.39, 0.29) is 12.1 Å². The van der Waals surface area contributed by atoms with Gasteiger partial charge in [-0.15, -0.1) is 0 Å². The number of hydrogen-bond acceptors (Lipinski definition) is 2. The van der Waals surface area contributed by atoms with Crippen molar-refractivity contribution in [3.05, 3.63) is 11.6 Å². The molecule has 6 unspecified atom stereocenters. The summed E-state index contributed by atoms with van der Waals surface area (Å²) in [5, 5.41) is 0. The van der Waals surface area contributed by atoms with E-state index in [1.807, 2.05) is 6.92 Å². The maximum absolute atomic E-state index is 12.3. The van der Waals surface area contributed by atoms with Crippen LogP contribution in [0, 0.1) is 29.6 Å². The lowest BCUT2D eigenvalue weighted by Crippen LogP contribution is -2.16. The molecule has 0 saturated heterocycles. The second-order valence-electron chi connectivity index (χ2n) is 8.25. The summed E-state index contributed by atoms with van der Waals surface area (Å²) in [7, 11) is 0. The van der Waals surface area contributed by atoms with Crippen LogP contribution < -0.4 is 0 Å². The Morgan fingerprint density at radius 3 is 2.17 bits per heavy atom. The van der Waals surface area contributed by atoms with Crippen LogP contribution in [0.3, 0.4) is 0 Å². The zero-order valence-corrected chi connectivity index (χ0v) is 15.8. The van der Waals surface area contributed by atoms with Crippen molar-refractivity contribution >= 4 is 5.97 Å². The molecule has 132 valence electrons. The van der Waals surface area contributed by atoms with Gasteiger partial charge in [-0.3, -0.25) is 0 Å². The molecule has 0 amide bonds. The number of esters is 1. The van der Waals surface area contributed by atoms with E-state index in [2.05, 4.69) is 33.8 Å². The van der Waals surface area contributed by atoms with Gasteiger partial charge in [0, 0.05) is 5.57 Å². The predicted molar refractivity (Wildman–Crippen MR) is 96.1 cm³/mol. The topological polar surface area (TPSA) is 26.3 Å². The summed E-state index contributed by atoms with van der Waals surface area (Å²) in [5.41, 5.74) is 0.810. The van der Waals surface area contributed by atoms with E-state index in [0.717, 1.165) is 48.5 Å². The highest BCUT2D eigenvalue weighted by Crippen LogP contribution is 2.40. The first-order chi connectivity index (χ1) is 10.9. The van der Waals surface area contributed by atoms with Gasteiger partial charge in [0.25, 0.3) is 0 Å². The van der Waals surface area contributed by atoms with Crippen molar-refractivity contribution in [3.63, 3.8) is 0 Å². The van der Waals surface area contributed by atoms with Gasteiger partial charge in [-0.05, 0) is 68.6 Å². The maximum Gasteiger partial charge on any atom is 0.333 e. The molecular formula is C21H36O2. The molecule has 23 heavy (non-hydrogen) atoms. The molecule has 6 atom stereocenters. The number of rotatable bonds is 6. The van der Waals surface area contributed by atoms with E-state index in [9.17, 15) is 4.79 Å². The maximum atomic E-state index is 12.3. The second kappa shape index (κ2) is 8.35. The third kappa shape index (κ3) is 4.84. The van der Waals surface area contributed by atoms with Crippen molar-refractivity contribution in [2.24, 2.45) is 29.6 Å². The van der Waals surface area contributed by atoms with Gasteiger partial charge < -0.3 is 4.74 Å². The second-order valence-corrected chi connectivity index (χ2v) is 8.25. The fourth-order valence-electron chi connectivity index (χ4n) is 4.85. The summed E-state index contributed by atoms with van der Waals surface area (Å²) in [4.78, 5) is 12.3. The van der Waals surface area contributed by atoms with Crippen LogP contribution in [0.25, 0.3) is 0 Å². The Kier molecular flexibility index (Phi) is 6.73. The van der Waals surface area contributed by atoms with Crippen LogP contribution in [0.1, 0.15) is 79.6 Å². The average molecular weight is 321 g/mol. The van der Waals surface area contributed by atoms with Gasteiger partial charge in [0.2, 0.25) is 0 Å². The Morgan fingerprint density at radius 1 is 1.00 bits per heavy atom. The molecule has 0 N–H and O–H groups in total. The monoisotopic (exact) mass is 320 g/mol. The Hall–Kier alpha value is -0.790. The highest BCUT2D eigenvalue weighted by molar-refractivity contribution is 5.87. The average Bonchev–Trinajstić information content (AvgIpc) is 3.06. The molecule has 0 aromatic rings. The molecule has 0 aromatic carbocycles. The zero-order valence-electron chi connectivity index (χ0n) is 15.8. The molecule has 2 rings (SSSR count). The molecule has 0 heterocycles. The minimum absolute atomic E-state index is 0.0861. The third-order valence-electron chi connectivity index (χ3n) is 6.55. The van der Waals surface area contributed by atoms with Crippen LogP contribution in [0.5, 0.6) is 0 Å². The molecule has 0 bridgehead atoms. The lowest BCUT2D eigenvalue weighted by atomic mass is 9.96. The van der Waals surface area contributed by atoms with Crippen molar-refractivity contribution < 1.29 is 9.53 Å². The van der Waals surface area contributed by atoms with Gasteiger partial charge in [0.05, 0.1) is 0 Å². The molecule has 2 saturated carbocycles. The van der Waals surface area contributed by atoms with Crippen molar-refractivity contribution in [1.82, 2.24) is 0 Å². The van der Waals surface area contributed by atoms with Gasteiger partial charge >= 0.3 is 5.97 Å². The van der Waals surface area contributed by atoms with Crippen LogP contribution >= 0.6 is 0 Å². The molecule has 2 fully saturated rings. The molecule has 0 radical (unpaired) electrons. The molecule has 2 aliphatic rings. The first-order valence-corrected chi connectivity index (χ1v) is 9.82. The van der Waals surface area contributed by atoms with E-state index < -0.39 is 0 Å². The number of hydrogen-bond donors (Lipinski definition) is 0. The standard InChI is InChI=1S/C21H36O2/c1-6-18-12-17(10-15(18)4)9-8-14(3)21(22)23-20-11-16(5)19(7-2)13-20/h8,15-20H,6-7,9-13H2,1-5H3. The number of carbonyl (C=O) groups excluding carboxylic acids is 1. The quantitative estimate of drug-likeness (QED) is 0.459. The summed E-state index contributed by atoms with van der Waals surface area (Å²) in [5.74, 6) is 3.81. The SMILES string of the molecule is CCC1CC(CC=C(C)C(=O)OC2CC(C)C(CC)C2)CC1C. The van der Waals surface area contributed by atoms with Crippen molar-refractivity contribution in [3.8, 4) is 0 Å². The molecule has 0 aliphatic heterocycles. The highest BCUT2D eigenvalue weighted by atomic mass is 16.5. The first kappa shape index (κ1) is 18.5. The van der Waals surface area contributed by atoms with E-state index >= 15 is 0 Å². The summed E-state index contributed by atoms with van der Waals surface area (Å²) in [6.45, 7) is 11.1. The van der Waals surface area contributed by atoms with Crippen LogP contribution in [-0.2, 0) is 9.53 Å². The van der Waals surface area contributed by atoms with Crippen LogP contribution in [0.15, 0.2) is 11.6 Å². The molecule has 2 nitrogen and oxygen atoms in total. The molecular weight excluding hydrogens is 284 g/mol. The van der Waals surface area contributed by atoms with E-state index in [1.54, 1.807) is 0 Å². The molecule has 2 heteroatoms. The van der Waals surface area contributed by atoms with Gasteiger partial charge in [0.1, 0.15) is 6.10 Å². The summed E-state index contributed by atoms with van der Waals surface area (Å²) >= 11 is 0. The number of ether oxygens (including phenoxy) is 1. The zero-order chi connectivity index (χ0) is 17.0. The lowest BCUT2D eigenvalue weighted by molar-refractivity contribution is -0.144. The number of allylic oxidation sites excluding steroid dienone is 1. The van der Waals surface area contributed by atoms with Crippen LogP contribution in [0.4, 0.5) is 0 Å². The third-order valence-corrected chi connectivity index (χ3v) is 6.55. The Morgan fingerprint density at radius 2 is 1.61 bits per heavy atom. The highest BCUT2D eigenvalue weighted by Gasteiger charge is 2.33. The smallest absolute Gasteiger partial charge is 0.333 e. The Bertz CT molecular complexity index is 426. The molecule has 0 spiro atoms. The predicted octanol–water partition coefficient (Wildman–Crippen LogP) is 5.76. The summed E-state index contributed by atoms with van der Waals surface area (Å²) < 4.78 is 5.75. The Balaban J connectivity index is 1.79. The van der Waals surface area contributed by atoms with E-state index in [0.29, 0.717) is 5.92 Å². The van der Waals surface area contributed by atoms with Gasteiger partial charge in [-0.2, -0.15) is 0 Å². The Labute approximate surface area is 143 Å². The summed E-state index contributed by atoms with van der Waals surface area (Å²) in [6.07, 6.45) is 10.5. The largest absolute Gasteiger partial charge is 0.459 e. The van der Waals surface area contributed by atoms with Crippen LogP contribution in [0.2, 0.25) is 0 Å². The van der Waals surface area contributed by atoms with Gasteiger partial charge in [-0.25, -0.2) is 4.79 Å². The fourth-order valence-corrected chi connectivity index (χ4v) is 4.85. The van der Waals surface area contributed by atoms with Crippen LogP contribution in [-0.4, -0.2) is 12.1 Å². The first-order valence-electron chi connectivity index (χ1n) is 9.82. The van der Waals surface area contributed by atoms with E-state index in [4.69, 9.17) is 4.74 Å². The minimum Gasteiger partial charge on any atom is -0.459 e. The lowest BCUT2D eigenvalue weighted by Gasteiger charge is -2.13. The fraction of sp³-hybridized carbons (Fsp3) is 0.857. The van der Waals surface area contributed by atoms with E-state index in [1.165, 1.54) is 25.7 Å².